The number of hydrogen-bond acceptors (Lipinski definition) is 2. The molecule has 1 fully saturated rings. The van der Waals surface area contributed by atoms with Crippen LogP contribution in [0.25, 0.3) is 0 Å². The van der Waals surface area contributed by atoms with Crippen molar-refractivity contribution in [1.82, 2.24) is 10.2 Å². The van der Waals surface area contributed by atoms with E-state index in [-0.39, 0.29) is 23.8 Å². The number of urea groups is 1. The summed E-state index contributed by atoms with van der Waals surface area (Å²) in [6, 6.07) is 13.7. The van der Waals surface area contributed by atoms with Gasteiger partial charge in [0.1, 0.15) is 5.82 Å². The third-order valence-corrected chi connectivity index (χ3v) is 6.43. The average molecular weight is 410 g/mol. The van der Waals surface area contributed by atoms with Crippen LogP contribution < -0.4 is 10.6 Å². The Morgan fingerprint density at radius 3 is 2.50 bits per heavy atom. The van der Waals surface area contributed by atoms with Gasteiger partial charge in [0.25, 0.3) is 0 Å². The molecule has 2 aliphatic rings. The molecule has 5 nitrogen and oxygen atoms in total. The first-order valence-electron chi connectivity index (χ1n) is 10.7. The number of carbonyl (C=O) groups is 2. The second-order valence-electron chi connectivity index (χ2n) is 8.51. The lowest BCUT2D eigenvalue weighted by molar-refractivity contribution is -0.138. The molecule has 158 valence electrons. The van der Waals surface area contributed by atoms with Crippen molar-refractivity contribution in [2.75, 3.05) is 18.4 Å². The Morgan fingerprint density at radius 2 is 1.77 bits per heavy atom. The number of rotatable bonds is 3. The number of nitrogens with one attached hydrogen (secondary N) is 2. The van der Waals surface area contributed by atoms with Crippen LogP contribution in [0.1, 0.15) is 43.7 Å². The number of nitrogens with zero attached hydrogens (tertiary/aromatic N) is 1. The molecule has 0 aromatic heterocycles. The van der Waals surface area contributed by atoms with E-state index in [9.17, 15) is 14.0 Å². The first-order valence-corrected chi connectivity index (χ1v) is 10.7. The summed E-state index contributed by atoms with van der Waals surface area (Å²) < 4.78 is 13.0. The molecule has 1 atom stereocenters. The molecule has 3 amide bonds. The second kappa shape index (κ2) is 8.46. The molecule has 0 saturated carbocycles. The third kappa shape index (κ3) is 4.18. The molecule has 30 heavy (non-hydrogen) atoms. The highest BCUT2D eigenvalue weighted by molar-refractivity contribution is 5.90. The van der Waals surface area contributed by atoms with Gasteiger partial charge in [0, 0.05) is 24.8 Å². The number of aryl methyl sites for hydroxylation is 1. The van der Waals surface area contributed by atoms with E-state index >= 15 is 0 Å². The number of benzene rings is 2. The van der Waals surface area contributed by atoms with E-state index in [2.05, 4.69) is 29.7 Å². The summed E-state index contributed by atoms with van der Waals surface area (Å²) in [5.41, 5.74) is 2.54. The van der Waals surface area contributed by atoms with Gasteiger partial charge in [-0.3, -0.25) is 4.79 Å². The summed E-state index contributed by atoms with van der Waals surface area (Å²) in [6.07, 6.45) is 4.39. The van der Waals surface area contributed by atoms with Crippen molar-refractivity contribution < 1.29 is 14.0 Å². The van der Waals surface area contributed by atoms with Crippen LogP contribution in [0.15, 0.2) is 48.5 Å². The van der Waals surface area contributed by atoms with Gasteiger partial charge in [0.2, 0.25) is 5.91 Å². The Kier molecular flexibility index (Phi) is 5.75. The van der Waals surface area contributed by atoms with Gasteiger partial charge in [-0.05, 0) is 74.4 Å². The Hall–Kier alpha value is -2.89. The molecular weight excluding hydrogens is 381 g/mol. The number of hydrogen-bond donors (Lipinski definition) is 2. The molecule has 1 heterocycles. The Bertz CT molecular complexity index is 922. The lowest BCUT2D eigenvalue weighted by Gasteiger charge is -2.41. The summed E-state index contributed by atoms with van der Waals surface area (Å²) >= 11 is 0. The highest BCUT2D eigenvalue weighted by Gasteiger charge is 2.42. The van der Waals surface area contributed by atoms with Gasteiger partial charge < -0.3 is 15.5 Å². The van der Waals surface area contributed by atoms with Crippen molar-refractivity contribution in [3.8, 4) is 0 Å². The summed E-state index contributed by atoms with van der Waals surface area (Å²) in [6.45, 7) is 3.35. The van der Waals surface area contributed by atoms with Crippen molar-refractivity contribution in [1.29, 1.82) is 0 Å². The molecule has 0 radical (unpaired) electrons. The van der Waals surface area contributed by atoms with E-state index in [0.717, 1.165) is 32.1 Å². The monoisotopic (exact) mass is 409 g/mol. The Balaban J connectivity index is 1.33. The number of piperidine rings is 1. The van der Waals surface area contributed by atoms with Gasteiger partial charge in [-0.2, -0.15) is 0 Å². The lowest BCUT2D eigenvalue weighted by atomic mass is 9.70. The Labute approximate surface area is 176 Å². The zero-order valence-electron chi connectivity index (χ0n) is 17.3. The van der Waals surface area contributed by atoms with E-state index in [0.29, 0.717) is 18.8 Å². The quantitative estimate of drug-likeness (QED) is 0.797. The number of halogens is 1. The SMILES string of the molecule is C[C@@]1(C(=O)N2CCC(NC(=O)Nc3ccc(F)cc3)CC2)CCCc2ccccc21. The Morgan fingerprint density at radius 1 is 1.07 bits per heavy atom. The average Bonchev–Trinajstić information content (AvgIpc) is 2.76. The van der Waals surface area contributed by atoms with E-state index in [1.165, 1.54) is 35.4 Å². The molecule has 0 unspecified atom stereocenters. The minimum absolute atomic E-state index is 0.0148. The zero-order valence-corrected chi connectivity index (χ0v) is 17.3. The molecular formula is C24H28FN3O2. The fraction of sp³-hybridized carbons (Fsp3) is 0.417. The maximum atomic E-state index is 13.4. The maximum absolute atomic E-state index is 13.4. The van der Waals surface area contributed by atoms with E-state index < -0.39 is 5.41 Å². The van der Waals surface area contributed by atoms with Crippen LogP contribution >= 0.6 is 0 Å². The second-order valence-corrected chi connectivity index (χ2v) is 8.51. The molecule has 0 spiro atoms. The highest BCUT2D eigenvalue weighted by atomic mass is 19.1. The molecule has 0 bridgehead atoms. The molecule has 2 N–H and O–H groups in total. The van der Waals surface area contributed by atoms with Crippen LogP contribution in [-0.4, -0.2) is 36.0 Å². The smallest absolute Gasteiger partial charge is 0.319 e. The number of amides is 3. The van der Waals surface area contributed by atoms with Gasteiger partial charge in [-0.25, -0.2) is 9.18 Å². The van der Waals surface area contributed by atoms with Gasteiger partial charge in [0.15, 0.2) is 0 Å². The van der Waals surface area contributed by atoms with Crippen molar-refractivity contribution in [2.45, 2.75) is 50.5 Å². The highest BCUT2D eigenvalue weighted by Crippen LogP contribution is 2.39. The van der Waals surface area contributed by atoms with Crippen molar-refractivity contribution >= 4 is 17.6 Å². The molecule has 1 aliphatic carbocycles. The minimum Gasteiger partial charge on any atom is -0.342 e. The van der Waals surface area contributed by atoms with Crippen LogP contribution in [-0.2, 0) is 16.6 Å². The lowest BCUT2D eigenvalue weighted by Crippen LogP contribution is -2.52. The fourth-order valence-corrected chi connectivity index (χ4v) is 4.73. The zero-order chi connectivity index (χ0) is 21.1. The van der Waals surface area contributed by atoms with Crippen molar-refractivity contribution in [3.63, 3.8) is 0 Å². The predicted octanol–water partition coefficient (Wildman–Crippen LogP) is 4.23. The third-order valence-electron chi connectivity index (χ3n) is 6.43. The van der Waals surface area contributed by atoms with E-state index in [1.54, 1.807) is 0 Å². The molecule has 2 aromatic carbocycles. The molecule has 4 rings (SSSR count). The fourth-order valence-electron chi connectivity index (χ4n) is 4.73. The molecule has 1 aliphatic heterocycles. The van der Waals surface area contributed by atoms with E-state index in [1.807, 2.05) is 17.0 Å². The normalized spacial score (nSPS) is 21.6. The van der Waals surface area contributed by atoms with Crippen LogP contribution in [0, 0.1) is 5.82 Å². The summed E-state index contributed by atoms with van der Waals surface area (Å²) in [7, 11) is 0. The van der Waals surface area contributed by atoms with Crippen LogP contribution in [0.4, 0.5) is 14.9 Å². The van der Waals surface area contributed by atoms with Gasteiger partial charge >= 0.3 is 6.03 Å². The standard InChI is InChI=1S/C24H28FN3O2/c1-24(14-4-6-17-5-2-3-7-21(17)24)22(29)28-15-12-20(13-16-28)27-23(30)26-19-10-8-18(25)9-11-19/h2-3,5,7-11,20H,4,6,12-16H2,1H3,(H2,26,27,30)/t24-/m1/s1. The van der Waals surface area contributed by atoms with Crippen molar-refractivity contribution in [3.05, 3.63) is 65.5 Å². The minimum atomic E-state index is -0.463. The summed E-state index contributed by atoms with van der Waals surface area (Å²) in [5.74, 6) is -0.142. The first kappa shape index (κ1) is 20.4. The van der Waals surface area contributed by atoms with Crippen LogP contribution in [0.3, 0.4) is 0 Å². The molecule has 6 heteroatoms. The number of anilines is 1. The van der Waals surface area contributed by atoms with E-state index in [4.69, 9.17) is 0 Å². The topological polar surface area (TPSA) is 61.4 Å². The van der Waals surface area contributed by atoms with Gasteiger partial charge in [0.05, 0.1) is 5.41 Å². The van der Waals surface area contributed by atoms with Crippen molar-refractivity contribution in [2.24, 2.45) is 0 Å². The summed E-state index contributed by atoms with van der Waals surface area (Å²) in [5, 5.41) is 5.69. The van der Waals surface area contributed by atoms with Gasteiger partial charge in [-0.15, -0.1) is 0 Å². The summed E-state index contributed by atoms with van der Waals surface area (Å²) in [4.78, 5) is 27.6. The molecule has 2 aromatic rings. The first-order chi connectivity index (χ1) is 14.5. The van der Waals surface area contributed by atoms with Crippen LogP contribution in [0.2, 0.25) is 0 Å². The number of fused-ring (bicyclic) bond motifs is 1. The number of carbonyl (C=O) groups excluding carboxylic acids is 2. The maximum Gasteiger partial charge on any atom is 0.319 e. The predicted molar refractivity (Wildman–Crippen MR) is 115 cm³/mol. The van der Waals surface area contributed by atoms with Crippen LogP contribution in [0.5, 0.6) is 0 Å². The largest absolute Gasteiger partial charge is 0.342 e. The molecule has 1 saturated heterocycles. The number of likely N-dealkylation sites (tertiary alicyclic amines) is 1. The van der Waals surface area contributed by atoms with Gasteiger partial charge in [-0.1, -0.05) is 24.3 Å².